The standard InChI is InChI=1S/C15H16N4O/c1-11-18-6-5-14(19-11)10-17-9-13-7-12(8-16)3-4-15(13)20-2/h3-7,17H,9-10H2,1-2H3. The van der Waals surface area contributed by atoms with Gasteiger partial charge in [-0.15, -0.1) is 0 Å². The molecule has 1 aromatic heterocycles. The van der Waals surface area contributed by atoms with Gasteiger partial charge in [0.25, 0.3) is 0 Å². The second-order valence-corrected chi connectivity index (χ2v) is 4.34. The molecule has 0 radical (unpaired) electrons. The van der Waals surface area contributed by atoms with Gasteiger partial charge in [-0.25, -0.2) is 9.97 Å². The zero-order valence-corrected chi connectivity index (χ0v) is 11.6. The molecule has 0 spiro atoms. The predicted molar refractivity (Wildman–Crippen MR) is 75.0 cm³/mol. The van der Waals surface area contributed by atoms with Crippen molar-refractivity contribution in [3.8, 4) is 11.8 Å². The summed E-state index contributed by atoms with van der Waals surface area (Å²) in [4.78, 5) is 8.38. The summed E-state index contributed by atoms with van der Waals surface area (Å²) in [6, 6.07) is 9.39. The second-order valence-electron chi connectivity index (χ2n) is 4.34. The third-order valence-corrected chi connectivity index (χ3v) is 2.86. The van der Waals surface area contributed by atoms with Crippen LogP contribution in [0.25, 0.3) is 0 Å². The number of benzene rings is 1. The van der Waals surface area contributed by atoms with Crippen LogP contribution < -0.4 is 10.1 Å². The molecule has 5 nitrogen and oxygen atoms in total. The molecule has 0 fully saturated rings. The van der Waals surface area contributed by atoms with Crippen molar-refractivity contribution >= 4 is 0 Å². The lowest BCUT2D eigenvalue weighted by atomic mass is 10.1. The Morgan fingerprint density at radius 2 is 2.15 bits per heavy atom. The Morgan fingerprint density at radius 3 is 2.85 bits per heavy atom. The minimum Gasteiger partial charge on any atom is -0.496 e. The Morgan fingerprint density at radius 1 is 1.30 bits per heavy atom. The SMILES string of the molecule is COc1ccc(C#N)cc1CNCc1ccnc(C)n1. The van der Waals surface area contributed by atoms with Crippen molar-refractivity contribution in [2.45, 2.75) is 20.0 Å². The Labute approximate surface area is 118 Å². The van der Waals surface area contributed by atoms with Gasteiger partial charge in [0, 0.05) is 24.8 Å². The minimum atomic E-state index is 0.613. The maximum atomic E-state index is 8.93. The highest BCUT2D eigenvalue weighted by Crippen LogP contribution is 2.19. The highest BCUT2D eigenvalue weighted by atomic mass is 16.5. The molecule has 2 aromatic rings. The molecule has 0 aliphatic rings. The molecule has 5 heteroatoms. The van der Waals surface area contributed by atoms with Crippen LogP contribution in [0.2, 0.25) is 0 Å². The Bertz CT molecular complexity index is 634. The number of methoxy groups -OCH3 is 1. The first kappa shape index (κ1) is 14.0. The van der Waals surface area contributed by atoms with Crippen LogP contribution in [0.4, 0.5) is 0 Å². The van der Waals surface area contributed by atoms with Gasteiger partial charge in [0.15, 0.2) is 0 Å². The normalized spacial score (nSPS) is 10.1. The zero-order valence-electron chi connectivity index (χ0n) is 11.6. The van der Waals surface area contributed by atoms with E-state index in [9.17, 15) is 0 Å². The minimum absolute atomic E-state index is 0.613. The first-order valence-electron chi connectivity index (χ1n) is 6.29. The van der Waals surface area contributed by atoms with E-state index >= 15 is 0 Å². The molecular formula is C15H16N4O. The zero-order chi connectivity index (χ0) is 14.4. The molecule has 0 aliphatic carbocycles. The lowest BCUT2D eigenvalue weighted by Gasteiger charge is -2.10. The van der Waals surface area contributed by atoms with E-state index < -0.39 is 0 Å². The summed E-state index contributed by atoms with van der Waals surface area (Å²) >= 11 is 0. The number of nitriles is 1. The van der Waals surface area contributed by atoms with Crippen molar-refractivity contribution in [3.05, 3.63) is 53.1 Å². The summed E-state index contributed by atoms with van der Waals surface area (Å²) in [5, 5.41) is 12.2. The van der Waals surface area contributed by atoms with E-state index in [1.165, 1.54) is 0 Å². The maximum absolute atomic E-state index is 8.93. The number of ether oxygens (including phenoxy) is 1. The molecule has 0 bridgehead atoms. The van der Waals surface area contributed by atoms with Crippen LogP contribution in [0.3, 0.4) is 0 Å². The molecule has 0 aliphatic heterocycles. The van der Waals surface area contributed by atoms with Crippen molar-refractivity contribution in [3.63, 3.8) is 0 Å². The molecule has 20 heavy (non-hydrogen) atoms. The van der Waals surface area contributed by atoms with Crippen LogP contribution in [0.1, 0.15) is 22.6 Å². The van der Waals surface area contributed by atoms with Crippen LogP contribution in [0.5, 0.6) is 5.75 Å². The van der Waals surface area contributed by atoms with E-state index in [2.05, 4.69) is 21.4 Å². The van der Waals surface area contributed by atoms with Gasteiger partial charge in [0.05, 0.1) is 24.4 Å². The highest BCUT2D eigenvalue weighted by molar-refractivity contribution is 5.41. The molecule has 0 saturated carbocycles. The molecule has 1 heterocycles. The molecule has 0 atom stereocenters. The number of aryl methyl sites for hydroxylation is 1. The quantitative estimate of drug-likeness (QED) is 0.897. The first-order valence-corrected chi connectivity index (χ1v) is 6.29. The topological polar surface area (TPSA) is 70.8 Å². The van der Waals surface area contributed by atoms with E-state index in [1.54, 1.807) is 19.4 Å². The predicted octanol–water partition coefficient (Wildman–Crippen LogP) is 1.96. The summed E-state index contributed by atoms with van der Waals surface area (Å²) in [5.74, 6) is 1.53. The van der Waals surface area contributed by atoms with Crippen molar-refractivity contribution in [1.29, 1.82) is 5.26 Å². The van der Waals surface area contributed by atoms with Gasteiger partial charge in [0.1, 0.15) is 11.6 Å². The Balaban J connectivity index is 2.02. The van der Waals surface area contributed by atoms with E-state index in [-0.39, 0.29) is 0 Å². The monoisotopic (exact) mass is 268 g/mol. The van der Waals surface area contributed by atoms with E-state index in [0.29, 0.717) is 18.7 Å². The van der Waals surface area contributed by atoms with E-state index in [0.717, 1.165) is 22.8 Å². The number of hydrogen-bond acceptors (Lipinski definition) is 5. The third kappa shape index (κ3) is 3.53. The fraction of sp³-hybridized carbons (Fsp3) is 0.267. The lowest BCUT2D eigenvalue weighted by Crippen LogP contribution is -2.15. The summed E-state index contributed by atoms with van der Waals surface area (Å²) in [7, 11) is 1.62. The average molecular weight is 268 g/mol. The molecule has 0 unspecified atom stereocenters. The number of nitrogens with zero attached hydrogens (tertiary/aromatic N) is 3. The van der Waals surface area contributed by atoms with Crippen LogP contribution in [-0.2, 0) is 13.1 Å². The highest BCUT2D eigenvalue weighted by Gasteiger charge is 2.04. The lowest BCUT2D eigenvalue weighted by molar-refractivity contribution is 0.407. The van der Waals surface area contributed by atoms with Gasteiger partial charge < -0.3 is 10.1 Å². The fourth-order valence-corrected chi connectivity index (χ4v) is 1.92. The van der Waals surface area contributed by atoms with Crippen LogP contribution in [-0.4, -0.2) is 17.1 Å². The molecule has 2 rings (SSSR count). The van der Waals surface area contributed by atoms with Gasteiger partial charge >= 0.3 is 0 Å². The molecule has 0 saturated heterocycles. The summed E-state index contributed by atoms with van der Waals surface area (Å²) in [6.45, 7) is 3.12. The molecule has 1 N–H and O–H groups in total. The fourth-order valence-electron chi connectivity index (χ4n) is 1.92. The third-order valence-electron chi connectivity index (χ3n) is 2.86. The van der Waals surface area contributed by atoms with Gasteiger partial charge in [-0.05, 0) is 31.2 Å². The number of nitrogens with one attached hydrogen (secondary N) is 1. The molecule has 102 valence electrons. The summed E-state index contributed by atoms with van der Waals surface area (Å²) in [6.07, 6.45) is 1.75. The molecular weight excluding hydrogens is 252 g/mol. The number of hydrogen-bond donors (Lipinski definition) is 1. The van der Waals surface area contributed by atoms with Crippen LogP contribution in [0.15, 0.2) is 30.5 Å². The average Bonchev–Trinajstić information content (AvgIpc) is 2.47. The smallest absolute Gasteiger partial charge is 0.125 e. The molecule has 1 aromatic carbocycles. The Kier molecular flexibility index (Phi) is 4.64. The van der Waals surface area contributed by atoms with Crippen molar-refractivity contribution in [1.82, 2.24) is 15.3 Å². The number of aromatic nitrogens is 2. The molecule has 0 amide bonds. The van der Waals surface area contributed by atoms with Gasteiger partial charge in [-0.1, -0.05) is 0 Å². The van der Waals surface area contributed by atoms with Gasteiger partial charge in [-0.2, -0.15) is 5.26 Å². The van der Waals surface area contributed by atoms with Crippen molar-refractivity contribution in [2.24, 2.45) is 0 Å². The van der Waals surface area contributed by atoms with Crippen molar-refractivity contribution in [2.75, 3.05) is 7.11 Å². The van der Waals surface area contributed by atoms with E-state index in [4.69, 9.17) is 10.00 Å². The van der Waals surface area contributed by atoms with Gasteiger partial charge in [0.2, 0.25) is 0 Å². The second kappa shape index (κ2) is 6.64. The first-order chi connectivity index (χ1) is 9.72. The summed E-state index contributed by atoms with van der Waals surface area (Å²) < 4.78 is 5.29. The van der Waals surface area contributed by atoms with Crippen LogP contribution >= 0.6 is 0 Å². The maximum Gasteiger partial charge on any atom is 0.125 e. The largest absolute Gasteiger partial charge is 0.496 e. The summed E-state index contributed by atoms with van der Waals surface area (Å²) in [5.41, 5.74) is 2.52. The number of rotatable bonds is 5. The Hall–Kier alpha value is -2.45. The van der Waals surface area contributed by atoms with Gasteiger partial charge in [-0.3, -0.25) is 0 Å². The van der Waals surface area contributed by atoms with Crippen LogP contribution in [0, 0.1) is 18.3 Å². The van der Waals surface area contributed by atoms with E-state index in [1.807, 2.05) is 25.1 Å². The van der Waals surface area contributed by atoms with Crippen molar-refractivity contribution < 1.29 is 4.74 Å².